The number of urea groups is 1. The number of benzene rings is 1. The molecule has 126 valence electrons. The summed E-state index contributed by atoms with van der Waals surface area (Å²) in [7, 11) is 1.67. The van der Waals surface area contributed by atoms with Crippen molar-refractivity contribution in [3.05, 3.63) is 35.9 Å². The Bertz CT molecular complexity index is 539. The van der Waals surface area contributed by atoms with Crippen LogP contribution in [0.4, 0.5) is 13.6 Å². The molecule has 23 heavy (non-hydrogen) atoms. The van der Waals surface area contributed by atoms with E-state index in [0.717, 1.165) is 10.5 Å². The zero-order chi connectivity index (χ0) is 16.8. The lowest BCUT2D eigenvalue weighted by Crippen LogP contribution is -2.52. The maximum absolute atomic E-state index is 12.8. The van der Waals surface area contributed by atoms with E-state index in [-0.39, 0.29) is 18.5 Å². The smallest absolute Gasteiger partial charge is 0.318 e. The van der Waals surface area contributed by atoms with Crippen molar-refractivity contribution >= 4 is 11.9 Å². The lowest BCUT2D eigenvalue weighted by molar-refractivity contribution is -0.132. The monoisotopic (exact) mass is 325 g/mol. The first kappa shape index (κ1) is 17.2. The van der Waals surface area contributed by atoms with Crippen LogP contribution >= 0.6 is 0 Å². The average molecular weight is 325 g/mol. The Hall–Kier alpha value is -2.18. The van der Waals surface area contributed by atoms with Gasteiger partial charge in [-0.2, -0.15) is 0 Å². The Morgan fingerprint density at radius 1 is 1.39 bits per heavy atom. The maximum atomic E-state index is 12.8. The summed E-state index contributed by atoms with van der Waals surface area (Å²) < 4.78 is 25.5. The molecule has 0 unspecified atom stereocenters. The summed E-state index contributed by atoms with van der Waals surface area (Å²) in [4.78, 5) is 26.4. The van der Waals surface area contributed by atoms with Gasteiger partial charge in [-0.1, -0.05) is 30.3 Å². The fourth-order valence-electron chi connectivity index (χ4n) is 2.59. The number of carbonyl (C=O) groups excluding carboxylic acids is 2. The molecule has 1 aliphatic rings. The molecule has 2 rings (SSSR count). The fourth-order valence-corrected chi connectivity index (χ4v) is 2.59. The van der Waals surface area contributed by atoms with Gasteiger partial charge in [0.15, 0.2) is 0 Å². The second-order valence-electron chi connectivity index (χ2n) is 5.72. The van der Waals surface area contributed by atoms with Crippen molar-refractivity contribution in [2.24, 2.45) is 0 Å². The molecule has 0 radical (unpaired) electrons. The molecule has 0 aliphatic carbocycles. The Balaban J connectivity index is 1.97. The van der Waals surface area contributed by atoms with Crippen LogP contribution in [0.5, 0.6) is 0 Å². The highest BCUT2D eigenvalue weighted by atomic mass is 19.3. The molecule has 0 aromatic heterocycles. The number of piperidine rings is 1. The number of hydrogen-bond donors (Lipinski definition) is 1. The zero-order valence-corrected chi connectivity index (χ0v) is 13.0. The van der Waals surface area contributed by atoms with E-state index in [1.807, 2.05) is 6.07 Å². The first-order chi connectivity index (χ1) is 11.0. The normalized spacial score (nSPS) is 18.2. The van der Waals surface area contributed by atoms with E-state index in [0.29, 0.717) is 19.4 Å². The molecule has 0 bridgehead atoms. The molecule has 0 saturated carbocycles. The molecule has 0 spiro atoms. The van der Waals surface area contributed by atoms with Crippen molar-refractivity contribution in [3.63, 3.8) is 0 Å². The number of likely N-dealkylation sites (N-methyl/N-ethyl adjacent to an activating group) is 1. The van der Waals surface area contributed by atoms with Crippen LogP contribution in [0.3, 0.4) is 0 Å². The summed E-state index contributed by atoms with van der Waals surface area (Å²) in [6.45, 7) is -0.0981. The van der Waals surface area contributed by atoms with Gasteiger partial charge in [-0.3, -0.25) is 4.79 Å². The minimum absolute atomic E-state index is 0.0317. The molecule has 1 N–H and O–H groups in total. The van der Waals surface area contributed by atoms with Crippen molar-refractivity contribution < 1.29 is 18.4 Å². The third-order valence-electron chi connectivity index (χ3n) is 3.82. The van der Waals surface area contributed by atoms with Crippen LogP contribution < -0.4 is 5.32 Å². The summed E-state index contributed by atoms with van der Waals surface area (Å²) in [5.74, 6) is 0.0317. The largest absolute Gasteiger partial charge is 0.344 e. The van der Waals surface area contributed by atoms with E-state index in [4.69, 9.17) is 0 Å². The minimum atomic E-state index is -2.60. The molecule has 1 heterocycles. The van der Waals surface area contributed by atoms with Crippen molar-refractivity contribution in [1.82, 2.24) is 15.1 Å². The van der Waals surface area contributed by atoms with Gasteiger partial charge in [-0.15, -0.1) is 0 Å². The van der Waals surface area contributed by atoms with E-state index < -0.39 is 19.0 Å². The molecule has 1 fully saturated rings. The number of halogens is 2. The molecule has 1 saturated heterocycles. The van der Waals surface area contributed by atoms with Crippen LogP contribution in [0, 0.1) is 0 Å². The van der Waals surface area contributed by atoms with E-state index in [9.17, 15) is 18.4 Å². The molecule has 1 atom stereocenters. The first-order valence-corrected chi connectivity index (χ1v) is 7.57. The summed E-state index contributed by atoms with van der Waals surface area (Å²) in [5, 5.41) is 2.76. The van der Waals surface area contributed by atoms with Crippen LogP contribution in [-0.2, 0) is 11.3 Å². The van der Waals surface area contributed by atoms with E-state index in [1.165, 1.54) is 0 Å². The van der Waals surface area contributed by atoms with Gasteiger partial charge in [0.25, 0.3) is 6.43 Å². The number of carbonyl (C=O) groups is 2. The Labute approximate surface area is 134 Å². The summed E-state index contributed by atoms with van der Waals surface area (Å²) in [6, 6.07) is 8.28. The SMILES string of the molecule is CN1C[C@H](NC(=O)N(Cc2ccccc2)CC(F)F)CCC1=O. The minimum Gasteiger partial charge on any atom is -0.344 e. The number of hydrogen-bond acceptors (Lipinski definition) is 2. The van der Waals surface area contributed by atoms with Gasteiger partial charge in [0.1, 0.15) is 0 Å². The van der Waals surface area contributed by atoms with Gasteiger partial charge in [-0.05, 0) is 12.0 Å². The Morgan fingerprint density at radius 3 is 2.70 bits per heavy atom. The van der Waals surface area contributed by atoms with Crippen molar-refractivity contribution in [2.45, 2.75) is 31.9 Å². The molecule has 1 aromatic rings. The lowest BCUT2D eigenvalue weighted by Gasteiger charge is -2.32. The molecular weight excluding hydrogens is 304 g/mol. The Morgan fingerprint density at radius 2 is 2.09 bits per heavy atom. The van der Waals surface area contributed by atoms with Crippen molar-refractivity contribution in [2.75, 3.05) is 20.1 Å². The van der Waals surface area contributed by atoms with Gasteiger partial charge in [0, 0.05) is 32.6 Å². The third kappa shape index (κ3) is 5.19. The van der Waals surface area contributed by atoms with E-state index in [1.54, 1.807) is 36.2 Å². The second-order valence-corrected chi connectivity index (χ2v) is 5.72. The molecule has 7 heteroatoms. The molecular formula is C16H21F2N3O2. The Kier molecular flexibility index (Phi) is 5.90. The topological polar surface area (TPSA) is 52.7 Å². The maximum Gasteiger partial charge on any atom is 0.318 e. The molecule has 3 amide bonds. The fraction of sp³-hybridized carbons (Fsp3) is 0.500. The number of nitrogens with one attached hydrogen (secondary N) is 1. The summed E-state index contributed by atoms with van der Waals surface area (Å²) in [6.07, 6.45) is -1.71. The average Bonchev–Trinajstić information content (AvgIpc) is 2.51. The standard InChI is InChI=1S/C16H21F2N3O2/c1-20-10-13(7-8-15(20)22)19-16(23)21(11-14(17)18)9-12-5-3-2-4-6-12/h2-6,13-14H,7-11H2,1H3,(H,19,23)/t13-/m1/s1. The number of likely N-dealkylation sites (tertiary alicyclic amines) is 1. The molecule has 5 nitrogen and oxygen atoms in total. The van der Waals surface area contributed by atoms with E-state index >= 15 is 0 Å². The van der Waals surface area contributed by atoms with Crippen LogP contribution in [0.25, 0.3) is 0 Å². The highest BCUT2D eigenvalue weighted by Crippen LogP contribution is 2.12. The van der Waals surface area contributed by atoms with Crippen molar-refractivity contribution in [1.29, 1.82) is 0 Å². The first-order valence-electron chi connectivity index (χ1n) is 7.57. The van der Waals surface area contributed by atoms with Gasteiger partial charge in [0.05, 0.1) is 6.54 Å². The predicted octanol–water partition coefficient (Wildman–Crippen LogP) is 2.08. The van der Waals surface area contributed by atoms with Gasteiger partial charge in [0.2, 0.25) is 5.91 Å². The summed E-state index contributed by atoms with van der Waals surface area (Å²) in [5.41, 5.74) is 0.791. The van der Waals surface area contributed by atoms with Crippen molar-refractivity contribution in [3.8, 4) is 0 Å². The second kappa shape index (κ2) is 7.89. The van der Waals surface area contributed by atoms with Crippen LogP contribution in [0.15, 0.2) is 30.3 Å². The molecule has 1 aromatic carbocycles. The molecule has 1 aliphatic heterocycles. The van der Waals surface area contributed by atoms with Crippen LogP contribution in [0.1, 0.15) is 18.4 Å². The number of nitrogens with zero attached hydrogens (tertiary/aromatic N) is 2. The third-order valence-corrected chi connectivity index (χ3v) is 3.82. The number of alkyl halides is 2. The zero-order valence-electron chi connectivity index (χ0n) is 13.0. The highest BCUT2D eigenvalue weighted by molar-refractivity contribution is 5.78. The van der Waals surface area contributed by atoms with Gasteiger partial charge < -0.3 is 15.1 Å². The van der Waals surface area contributed by atoms with E-state index in [2.05, 4.69) is 5.32 Å². The van der Waals surface area contributed by atoms with Crippen LogP contribution in [-0.4, -0.2) is 54.3 Å². The lowest BCUT2D eigenvalue weighted by atomic mass is 10.1. The number of amides is 3. The predicted molar refractivity (Wildman–Crippen MR) is 82.0 cm³/mol. The number of rotatable bonds is 5. The highest BCUT2D eigenvalue weighted by Gasteiger charge is 2.26. The van der Waals surface area contributed by atoms with Gasteiger partial charge >= 0.3 is 6.03 Å². The quantitative estimate of drug-likeness (QED) is 0.901. The van der Waals surface area contributed by atoms with Gasteiger partial charge in [-0.25, -0.2) is 13.6 Å². The van der Waals surface area contributed by atoms with Crippen LogP contribution in [0.2, 0.25) is 0 Å². The summed E-state index contributed by atoms with van der Waals surface area (Å²) >= 11 is 0.